The summed E-state index contributed by atoms with van der Waals surface area (Å²) in [6.45, 7) is 0. The van der Waals surface area contributed by atoms with Crippen LogP contribution in [-0.4, -0.2) is 18.8 Å². The molecule has 10 heavy (non-hydrogen) atoms. The maximum absolute atomic E-state index is 11.7. The molecule has 0 aromatic carbocycles. The highest BCUT2D eigenvalue weighted by Gasteiger charge is 2.22. The molecule has 0 amide bonds. The summed E-state index contributed by atoms with van der Waals surface area (Å²) in [5.74, 6) is -0.121. The van der Waals surface area contributed by atoms with Gasteiger partial charge in [0.2, 0.25) is 0 Å². The summed E-state index contributed by atoms with van der Waals surface area (Å²) < 4.78 is 37.5. The van der Waals surface area contributed by atoms with Gasteiger partial charge in [-0.05, 0) is 0 Å². The molecule has 0 saturated carbocycles. The standard InChI is InChI=1S/C5H3F3O2/c1-2-3(9)10-5(8)4(6)7/h1,4-5H. The normalized spacial score (nSPS) is 12.3. The lowest BCUT2D eigenvalue weighted by atomic mass is 10.6. The second kappa shape index (κ2) is 3.77. The number of hydrogen-bond acceptors (Lipinski definition) is 2. The van der Waals surface area contributed by atoms with E-state index in [1.54, 1.807) is 0 Å². The zero-order chi connectivity index (χ0) is 8.15. The fraction of sp³-hybridized carbons (Fsp3) is 0.400. The highest BCUT2D eigenvalue weighted by atomic mass is 19.3. The molecule has 0 aliphatic heterocycles. The van der Waals surface area contributed by atoms with Gasteiger partial charge in [0.05, 0.1) is 0 Å². The number of ether oxygens (including phenoxy) is 1. The van der Waals surface area contributed by atoms with Crippen LogP contribution in [-0.2, 0) is 9.53 Å². The number of rotatable bonds is 2. The van der Waals surface area contributed by atoms with Crippen molar-refractivity contribution in [2.45, 2.75) is 12.8 Å². The maximum Gasteiger partial charge on any atom is 0.386 e. The van der Waals surface area contributed by atoms with Gasteiger partial charge in [-0.1, -0.05) is 0 Å². The van der Waals surface area contributed by atoms with E-state index >= 15 is 0 Å². The van der Waals surface area contributed by atoms with Crippen molar-refractivity contribution in [3.63, 3.8) is 0 Å². The van der Waals surface area contributed by atoms with Gasteiger partial charge in [0.15, 0.2) is 0 Å². The van der Waals surface area contributed by atoms with E-state index in [2.05, 4.69) is 11.2 Å². The van der Waals surface area contributed by atoms with Crippen molar-refractivity contribution in [3.8, 4) is 12.3 Å². The molecular formula is C5H3F3O2. The van der Waals surface area contributed by atoms with Gasteiger partial charge in [-0.3, -0.25) is 0 Å². The van der Waals surface area contributed by atoms with Crippen molar-refractivity contribution < 1.29 is 22.7 Å². The summed E-state index contributed by atoms with van der Waals surface area (Å²) in [4.78, 5) is 9.90. The molecular weight excluding hydrogens is 149 g/mol. The van der Waals surface area contributed by atoms with Crippen molar-refractivity contribution in [1.82, 2.24) is 0 Å². The van der Waals surface area contributed by atoms with Crippen LogP contribution in [0.3, 0.4) is 0 Å². The van der Waals surface area contributed by atoms with Crippen LogP contribution in [0.4, 0.5) is 13.2 Å². The van der Waals surface area contributed by atoms with Gasteiger partial charge in [-0.2, -0.15) is 4.39 Å². The van der Waals surface area contributed by atoms with Crippen molar-refractivity contribution in [2.75, 3.05) is 0 Å². The van der Waals surface area contributed by atoms with Crippen LogP contribution in [0.2, 0.25) is 0 Å². The molecule has 1 unspecified atom stereocenters. The number of hydrogen-bond donors (Lipinski definition) is 0. The van der Waals surface area contributed by atoms with Gasteiger partial charge < -0.3 is 4.74 Å². The van der Waals surface area contributed by atoms with Crippen LogP contribution >= 0.6 is 0 Å². The molecule has 1 atom stereocenters. The molecule has 0 spiro atoms. The Morgan fingerprint density at radius 1 is 1.50 bits per heavy atom. The fourth-order valence-corrected chi connectivity index (χ4v) is 0.188. The number of carbonyl (C=O) groups excluding carboxylic acids is 1. The fourth-order valence-electron chi connectivity index (χ4n) is 0.188. The average molecular weight is 152 g/mol. The predicted octanol–water partition coefficient (Wildman–Crippen LogP) is 0.724. The van der Waals surface area contributed by atoms with Crippen LogP contribution in [0.1, 0.15) is 0 Å². The molecule has 0 radical (unpaired) electrons. The van der Waals surface area contributed by atoms with Crippen LogP contribution in [0.15, 0.2) is 0 Å². The number of alkyl halides is 3. The van der Waals surface area contributed by atoms with Crippen LogP contribution in [0.25, 0.3) is 0 Å². The topological polar surface area (TPSA) is 26.3 Å². The molecule has 0 N–H and O–H groups in total. The van der Waals surface area contributed by atoms with Crippen molar-refractivity contribution in [1.29, 1.82) is 0 Å². The zero-order valence-corrected chi connectivity index (χ0v) is 4.68. The number of esters is 1. The van der Waals surface area contributed by atoms with Crippen molar-refractivity contribution >= 4 is 5.97 Å². The first-order valence-electron chi connectivity index (χ1n) is 2.17. The highest BCUT2D eigenvalue weighted by molar-refractivity contribution is 5.87. The lowest BCUT2D eigenvalue weighted by molar-refractivity contribution is -0.166. The minimum Gasteiger partial charge on any atom is -0.415 e. The van der Waals surface area contributed by atoms with E-state index in [0.717, 1.165) is 0 Å². The Bertz CT molecular complexity index is 161. The number of terminal acetylenes is 1. The zero-order valence-electron chi connectivity index (χ0n) is 4.68. The Hall–Kier alpha value is -1.18. The molecule has 0 heterocycles. The maximum atomic E-state index is 11.7. The van der Waals surface area contributed by atoms with Gasteiger partial charge in [-0.15, -0.1) is 6.42 Å². The van der Waals surface area contributed by atoms with E-state index in [1.807, 2.05) is 0 Å². The molecule has 0 rings (SSSR count). The van der Waals surface area contributed by atoms with Crippen molar-refractivity contribution in [3.05, 3.63) is 0 Å². The third-order valence-electron chi connectivity index (χ3n) is 0.536. The number of halogens is 3. The molecule has 0 aliphatic carbocycles. The van der Waals surface area contributed by atoms with E-state index < -0.39 is 18.8 Å². The molecule has 0 aliphatic rings. The Kier molecular flexibility index (Phi) is 3.33. The lowest BCUT2D eigenvalue weighted by Crippen LogP contribution is -2.19. The SMILES string of the molecule is C#CC(=O)OC(F)C(F)F. The molecule has 0 aromatic heterocycles. The number of carbonyl (C=O) groups is 1. The summed E-state index contributed by atoms with van der Waals surface area (Å²) >= 11 is 0. The van der Waals surface area contributed by atoms with Gasteiger partial charge in [0, 0.05) is 5.92 Å². The van der Waals surface area contributed by atoms with Crippen LogP contribution in [0, 0.1) is 12.3 Å². The summed E-state index contributed by atoms with van der Waals surface area (Å²) in [5, 5.41) is 0. The molecule has 2 nitrogen and oxygen atoms in total. The highest BCUT2D eigenvalue weighted by Crippen LogP contribution is 2.06. The second-order valence-corrected chi connectivity index (χ2v) is 1.24. The molecule has 0 fully saturated rings. The Morgan fingerprint density at radius 3 is 2.30 bits per heavy atom. The minimum absolute atomic E-state index is 1.32. The Labute approximate surface area is 55.0 Å². The lowest BCUT2D eigenvalue weighted by Gasteiger charge is -2.04. The van der Waals surface area contributed by atoms with E-state index in [9.17, 15) is 18.0 Å². The van der Waals surface area contributed by atoms with E-state index in [-0.39, 0.29) is 0 Å². The minimum atomic E-state index is -3.35. The van der Waals surface area contributed by atoms with E-state index in [4.69, 9.17) is 0 Å². The first-order valence-corrected chi connectivity index (χ1v) is 2.17. The molecule has 5 heteroatoms. The summed E-state index contributed by atoms with van der Waals surface area (Å²) in [5.41, 5.74) is 0. The van der Waals surface area contributed by atoms with Crippen molar-refractivity contribution in [2.24, 2.45) is 0 Å². The molecule has 56 valence electrons. The monoisotopic (exact) mass is 152 g/mol. The largest absolute Gasteiger partial charge is 0.415 e. The van der Waals surface area contributed by atoms with Gasteiger partial charge in [-0.25, -0.2) is 13.6 Å². The second-order valence-electron chi connectivity index (χ2n) is 1.24. The summed E-state index contributed by atoms with van der Waals surface area (Å²) in [7, 11) is 0. The quantitative estimate of drug-likeness (QED) is 0.331. The Morgan fingerprint density at radius 2 is 2.00 bits per heavy atom. The van der Waals surface area contributed by atoms with Gasteiger partial charge in [0.25, 0.3) is 0 Å². The molecule has 0 saturated heterocycles. The van der Waals surface area contributed by atoms with Gasteiger partial charge in [0.1, 0.15) is 0 Å². The average Bonchev–Trinajstić information content (AvgIpc) is 1.87. The van der Waals surface area contributed by atoms with Crippen LogP contribution in [0.5, 0.6) is 0 Å². The Balaban J connectivity index is 3.71. The molecule has 0 aromatic rings. The van der Waals surface area contributed by atoms with Crippen LogP contribution < -0.4 is 0 Å². The molecule has 0 bridgehead atoms. The predicted molar refractivity (Wildman–Crippen MR) is 25.8 cm³/mol. The van der Waals surface area contributed by atoms with Gasteiger partial charge >= 0.3 is 18.8 Å². The third-order valence-corrected chi connectivity index (χ3v) is 0.536. The first kappa shape index (κ1) is 8.82. The van der Waals surface area contributed by atoms with E-state index in [0.29, 0.717) is 0 Å². The van der Waals surface area contributed by atoms with E-state index in [1.165, 1.54) is 5.92 Å². The summed E-state index contributed by atoms with van der Waals surface area (Å²) in [6, 6.07) is 0. The first-order chi connectivity index (χ1) is 4.57. The smallest absolute Gasteiger partial charge is 0.386 e. The third kappa shape index (κ3) is 2.97. The summed E-state index contributed by atoms with van der Waals surface area (Å²) in [6.07, 6.45) is -1.89.